The molecule has 1 aliphatic heterocycles. The Bertz CT molecular complexity index is 350. The fourth-order valence-corrected chi connectivity index (χ4v) is 2.84. The first-order chi connectivity index (χ1) is 8.26. The van der Waals surface area contributed by atoms with E-state index in [9.17, 15) is 0 Å². The maximum Gasteiger partial charge on any atom is 0.297 e. The Morgan fingerprint density at radius 1 is 1.53 bits per heavy atom. The van der Waals surface area contributed by atoms with Gasteiger partial charge in [-0.1, -0.05) is 13.3 Å². The molecule has 4 heteroatoms. The highest BCUT2D eigenvalue weighted by molar-refractivity contribution is 5.29. The molecule has 0 saturated carbocycles. The predicted molar refractivity (Wildman–Crippen MR) is 69.1 cm³/mol. The molecular weight excluding hydrogens is 214 g/mol. The van der Waals surface area contributed by atoms with Crippen LogP contribution in [0.15, 0.2) is 10.7 Å². The van der Waals surface area contributed by atoms with Crippen LogP contribution >= 0.6 is 0 Å². The molecule has 2 heterocycles. The molecule has 1 aromatic heterocycles. The summed E-state index contributed by atoms with van der Waals surface area (Å²) in [6, 6.07) is 1.25. The summed E-state index contributed by atoms with van der Waals surface area (Å²) in [4.78, 5) is 6.78. The van der Waals surface area contributed by atoms with Crippen LogP contribution in [0.4, 0.5) is 6.01 Å². The van der Waals surface area contributed by atoms with Gasteiger partial charge >= 0.3 is 0 Å². The SMILES string of the molecule is CC[C@@H]1[C@@H](CN)CCCCN1c1nc(C)co1. The normalized spacial score (nSPS) is 25.9. The molecule has 2 atom stereocenters. The van der Waals surface area contributed by atoms with E-state index in [0.29, 0.717) is 12.0 Å². The smallest absolute Gasteiger partial charge is 0.297 e. The van der Waals surface area contributed by atoms with Crippen molar-refractivity contribution in [3.63, 3.8) is 0 Å². The van der Waals surface area contributed by atoms with Crippen molar-refractivity contribution in [2.75, 3.05) is 18.0 Å². The summed E-state index contributed by atoms with van der Waals surface area (Å²) in [5.74, 6) is 0.565. The van der Waals surface area contributed by atoms with Gasteiger partial charge in [0.15, 0.2) is 0 Å². The van der Waals surface area contributed by atoms with Crippen molar-refractivity contribution in [1.29, 1.82) is 0 Å². The Balaban J connectivity index is 2.22. The number of rotatable bonds is 3. The maximum atomic E-state index is 5.91. The lowest BCUT2D eigenvalue weighted by molar-refractivity contribution is 0.375. The molecule has 0 radical (unpaired) electrons. The molecule has 96 valence electrons. The number of anilines is 1. The summed E-state index contributed by atoms with van der Waals surface area (Å²) < 4.78 is 5.56. The molecule has 17 heavy (non-hydrogen) atoms. The highest BCUT2D eigenvalue weighted by atomic mass is 16.4. The van der Waals surface area contributed by atoms with Gasteiger partial charge in [0.2, 0.25) is 0 Å². The number of hydrogen-bond acceptors (Lipinski definition) is 4. The van der Waals surface area contributed by atoms with Gasteiger partial charge in [0.25, 0.3) is 6.01 Å². The molecule has 2 rings (SSSR count). The zero-order chi connectivity index (χ0) is 12.3. The second-order valence-electron chi connectivity index (χ2n) is 4.93. The maximum absolute atomic E-state index is 5.91. The molecule has 0 unspecified atom stereocenters. The first kappa shape index (κ1) is 12.4. The fourth-order valence-electron chi connectivity index (χ4n) is 2.84. The Morgan fingerprint density at radius 3 is 2.94 bits per heavy atom. The van der Waals surface area contributed by atoms with E-state index >= 15 is 0 Å². The Labute approximate surface area is 103 Å². The van der Waals surface area contributed by atoms with Crippen molar-refractivity contribution >= 4 is 6.01 Å². The molecule has 0 spiro atoms. The van der Waals surface area contributed by atoms with E-state index < -0.39 is 0 Å². The summed E-state index contributed by atoms with van der Waals surface area (Å²) in [6.45, 7) is 5.98. The second kappa shape index (κ2) is 5.54. The molecule has 0 aromatic carbocycles. The average molecular weight is 237 g/mol. The number of oxazole rings is 1. The highest BCUT2D eigenvalue weighted by Crippen LogP contribution is 2.28. The predicted octanol–water partition coefficient (Wildman–Crippen LogP) is 2.33. The van der Waals surface area contributed by atoms with E-state index in [1.54, 1.807) is 6.26 Å². The molecular formula is C13H23N3O. The van der Waals surface area contributed by atoms with E-state index in [-0.39, 0.29) is 0 Å². The molecule has 0 bridgehead atoms. The van der Waals surface area contributed by atoms with Gasteiger partial charge < -0.3 is 15.1 Å². The first-order valence-electron chi connectivity index (χ1n) is 6.65. The minimum Gasteiger partial charge on any atom is -0.432 e. The number of hydrogen-bond donors (Lipinski definition) is 1. The molecule has 1 aliphatic rings. The van der Waals surface area contributed by atoms with Gasteiger partial charge in [-0.05, 0) is 38.6 Å². The summed E-state index contributed by atoms with van der Waals surface area (Å²) >= 11 is 0. The van der Waals surface area contributed by atoms with Crippen LogP contribution in [0.1, 0.15) is 38.3 Å². The van der Waals surface area contributed by atoms with Gasteiger partial charge in [0.05, 0.1) is 5.69 Å². The Hall–Kier alpha value is -1.03. The summed E-state index contributed by atoms with van der Waals surface area (Å²) in [6.07, 6.45) is 6.52. The molecule has 4 nitrogen and oxygen atoms in total. The zero-order valence-corrected chi connectivity index (χ0v) is 10.9. The molecule has 2 N–H and O–H groups in total. The molecule has 1 aromatic rings. The van der Waals surface area contributed by atoms with E-state index in [0.717, 1.165) is 31.2 Å². The minimum absolute atomic E-state index is 0.473. The summed E-state index contributed by atoms with van der Waals surface area (Å²) in [7, 11) is 0. The third-order valence-corrected chi connectivity index (χ3v) is 3.74. The first-order valence-corrected chi connectivity index (χ1v) is 6.65. The van der Waals surface area contributed by atoms with E-state index in [1.807, 2.05) is 6.92 Å². The van der Waals surface area contributed by atoms with Gasteiger partial charge in [-0.3, -0.25) is 0 Å². The summed E-state index contributed by atoms with van der Waals surface area (Å²) in [5, 5.41) is 0. The van der Waals surface area contributed by atoms with Crippen LogP contribution < -0.4 is 10.6 Å². The van der Waals surface area contributed by atoms with Crippen molar-refractivity contribution in [2.45, 2.75) is 45.6 Å². The van der Waals surface area contributed by atoms with Gasteiger partial charge in [-0.2, -0.15) is 4.98 Å². The van der Waals surface area contributed by atoms with Crippen molar-refractivity contribution in [2.24, 2.45) is 11.7 Å². The fraction of sp³-hybridized carbons (Fsp3) is 0.769. The summed E-state index contributed by atoms with van der Waals surface area (Å²) in [5.41, 5.74) is 6.85. The monoisotopic (exact) mass is 237 g/mol. The van der Waals surface area contributed by atoms with E-state index in [1.165, 1.54) is 19.3 Å². The van der Waals surface area contributed by atoms with Crippen LogP contribution in [0.3, 0.4) is 0 Å². The Kier molecular flexibility index (Phi) is 4.05. The molecule has 0 aliphatic carbocycles. The third-order valence-electron chi connectivity index (χ3n) is 3.74. The quantitative estimate of drug-likeness (QED) is 0.876. The largest absolute Gasteiger partial charge is 0.432 e. The lowest BCUT2D eigenvalue weighted by atomic mass is 9.93. The van der Waals surface area contributed by atoms with Crippen molar-refractivity contribution < 1.29 is 4.42 Å². The Morgan fingerprint density at radius 2 is 2.35 bits per heavy atom. The highest BCUT2D eigenvalue weighted by Gasteiger charge is 2.29. The van der Waals surface area contributed by atoms with Gasteiger partial charge in [0, 0.05) is 12.6 Å². The number of nitrogens with zero attached hydrogens (tertiary/aromatic N) is 2. The van der Waals surface area contributed by atoms with Crippen LogP contribution in [-0.2, 0) is 0 Å². The van der Waals surface area contributed by atoms with Gasteiger partial charge in [0.1, 0.15) is 6.26 Å². The zero-order valence-electron chi connectivity index (χ0n) is 10.9. The van der Waals surface area contributed by atoms with Crippen molar-refractivity contribution in [1.82, 2.24) is 4.98 Å². The van der Waals surface area contributed by atoms with Crippen LogP contribution in [0.5, 0.6) is 0 Å². The van der Waals surface area contributed by atoms with Gasteiger partial charge in [-0.15, -0.1) is 0 Å². The van der Waals surface area contributed by atoms with Crippen molar-refractivity contribution in [3.05, 3.63) is 12.0 Å². The van der Waals surface area contributed by atoms with Crippen LogP contribution in [0.2, 0.25) is 0 Å². The van der Waals surface area contributed by atoms with Gasteiger partial charge in [-0.25, -0.2) is 0 Å². The number of nitrogens with two attached hydrogens (primary N) is 1. The minimum atomic E-state index is 0.473. The number of aryl methyl sites for hydroxylation is 1. The third kappa shape index (κ3) is 2.63. The lowest BCUT2D eigenvalue weighted by Crippen LogP contribution is -2.42. The average Bonchev–Trinajstić information content (AvgIpc) is 2.65. The topological polar surface area (TPSA) is 55.3 Å². The standard InChI is InChI=1S/C13H23N3O/c1-3-12-11(8-14)6-4-5-7-16(12)13-15-10(2)9-17-13/h9,11-12H,3-8,14H2,1-2H3/t11-,12-/m1/s1. The van der Waals surface area contributed by atoms with E-state index in [4.69, 9.17) is 10.2 Å². The number of aromatic nitrogens is 1. The van der Waals surface area contributed by atoms with Crippen LogP contribution in [0, 0.1) is 12.8 Å². The van der Waals surface area contributed by atoms with E-state index in [2.05, 4.69) is 16.8 Å². The van der Waals surface area contributed by atoms with Crippen molar-refractivity contribution in [3.8, 4) is 0 Å². The molecule has 1 fully saturated rings. The van der Waals surface area contributed by atoms with Crippen LogP contribution in [-0.4, -0.2) is 24.1 Å². The van der Waals surface area contributed by atoms with Crippen LogP contribution in [0.25, 0.3) is 0 Å². The molecule has 0 amide bonds. The lowest BCUT2D eigenvalue weighted by Gasteiger charge is -2.32. The second-order valence-corrected chi connectivity index (χ2v) is 4.93. The molecule has 1 saturated heterocycles.